The summed E-state index contributed by atoms with van der Waals surface area (Å²) in [4.78, 5) is 6.49. The largest absolute Gasteiger partial charge is 0.357 e. The molecule has 0 radical (unpaired) electrons. The molecule has 0 atom stereocenters. The van der Waals surface area contributed by atoms with Gasteiger partial charge in [-0.15, -0.1) is 0 Å². The van der Waals surface area contributed by atoms with Crippen molar-refractivity contribution in [3.63, 3.8) is 0 Å². The SMILES string of the molecule is CCCCN(C)C(=NCCc1c(F)cccc1F)NCC. The lowest BCUT2D eigenvalue weighted by Gasteiger charge is -2.21. The summed E-state index contributed by atoms with van der Waals surface area (Å²) in [6.45, 7) is 6.18. The van der Waals surface area contributed by atoms with E-state index >= 15 is 0 Å². The van der Waals surface area contributed by atoms with E-state index in [0.717, 1.165) is 31.9 Å². The number of rotatable bonds is 7. The van der Waals surface area contributed by atoms with Gasteiger partial charge >= 0.3 is 0 Å². The quantitative estimate of drug-likeness (QED) is 0.618. The topological polar surface area (TPSA) is 27.6 Å². The first kappa shape index (κ1) is 17.4. The van der Waals surface area contributed by atoms with Crippen molar-refractivity contribution < 1.29 is 8.78 Å². The number of aliphatic imine (C=N–C) groups is 1. The van der Waals surface area contributed by atoms with Crippen molar-refractivity contribution in [2.24, 2.45) is 4.99 Å². The third-order valence-corrected chi connectivity index (χ3v) is 3.23. The average molecular weight is 297 g/mol. The highest BCUT2D eigenvalue weighted by Gasteiger charge is 2.09. The van der Waals surface area contributed by atoms with Gasteiger partial charge in [0.1, 0.15) is 11.6 Å². The molecule has 0 aliphatic carbocycles. The van der Waals surface area contributed by atoms with Gasteiger partial charge in [0.05, 0.1) is 0 Å². The van der Waals surface area contributed by atoms with E-state index in [1.54, 1.807) is 0 Å². The van der Waals surface area contributed by atoms with Crippen molar-refractivity contribution in [1.82, 2.24) is 10.2 Å². The molecule has 0 unspecified atom stereocenters. The zero-order valence-corrected chi connectivity index (χ0v) is 13.1. The number of hydrogen-bond acceptors (Lipinski definition) is 1. The minimum atomic E-state index is -0.505. The summed E-state index contributed by atoms with van der Waals surface area (Å²) in [7, 11) is 1.97. The summed E-state index contributed by atoms with van der Waals surface area (Å²) in [5.74, 6) is -0.230. The third-order valence-electron chi connectivity index (χ3n) is 3.23. The fraction of sp³-hybridized carbons (Fsp3) is 0.562. The number of benzene rings is 1. The lowest BCUT2D eigenvalue weighted by molar-refractivity contribution is 0.464. The van der Waals surface area contributed by atoms with Gasteiger partial charge in [0.2, 0.25) is 0 Å². The Morgan fingerprint density at radius 2 is 1.90 bits per heavy atom. The smallest absolute Gasteiger partial charge is 0.193 e. The van der Waals surface area contributed by atoms with E-state index in [-0.39, 0.29) is 12.0 Å². The Morgan fingerprint density at radius 1 is 1.24 bits per heavy atom. The third kappa shape index (κ3) is 5.69. The van der Waals surface area contributed by atoms with Crippen molar-refractivity contribution >= 4 is 5.96 Å². The molecule has 0 aromatic heterocycles. The van der Waals surface area contributed by atoms with Crippen molar-refractivity contribution in [1.29, 1.82) is 0 Å². The molecule has 0 heterocycles. The Morgan fingerprint density at radius 3 is 2.48 bits per heavy atom. The maximum atomic E-state index is 13.5. The summed E-state index contributed by atoms with van der Waals surface area (Å²) >= 11 is 0. The fourth-order valence-electron chi connectivity index (χ4n) is 2.02. The van der Waals surface area contributed by atoms with Crippen molar-refractivity contribution in [2.45, 2.75) is 33.1 Å². The molecular weight excluding hydrogens is 272 g/mol. The normalized spacial score (nSPS) is 11.6. The van der Waals surface area contributed by atoms with Crippen LogP contribution in [0.2, 0.25) is 0 Å². The molecule has 118 valence electrons. The minimum absolute atomic E-state index is 0.105. The highest BCUT2D eigenvalue weighted by atomic mass is 19.1. The number of nitrogens with one attached hydrogen (secondary N) is 1. The van der Waals surface area contributed by atoms with E-state index in [2.05, 4.69) is 17.2 Å². The lowest BCUT2D eigenvalue weighted by atomic mass is 10.1. The highest BCUT2D eigenvalue weighted by molar-refractivity contribution is 5.79. The van der Waals surface area contributed by atoms with Crippen LogP contribution in [-0.2, 0) is 6.42 Å². The zero-order valence-electron chi connectivity index (χ0n) is 13.1. The van der Waals surface area contributed by atoms with Gasteiger partial charge in [0, 0.05) is 32.2 Å². The summed E-state index contributed by atoms with van der Waals surface area (Å²) in [6, 6.07) is 3.93. The molecule has 5 heteroatoms. The van der Waals surface area contributed by atoms with Crippen LogP contribution < -0.4 is 5.32 Å². The molecule has 0 saturated carbocycles. The Hall–Kier alpha value is -1.65. The van der Waals surface area contributed by atoms with Gasteiger partial charge in [-0.25, -0.2) is 8.78 Å². The molecule has 21 heavy (non-hydrogen) atoms. The van der Waals surface area contributed by atoms with Crippen molar-refractivity contribution in [2.75, 3.05) is 26.7 Å². The summed E-state index contributed by atoms with van der Waals surface area (Å²) in [5, 5.41) is 3.20. The summed E-state index contributed by atoms with van der Waals surface area (Å²) in [5.41, 5.74) is 0.105. The van der Waals surface area contributed by atoms with Gasteiger partial charge in [-0.2, -0.15) is 0 Å². The highest BCUT2D eigenvalue weighted by Crippen LogP contribution is 2.12. The van der Waals surface area contributed by atoms with E-state index in [9.17, 15) is 8.78 Å². The van der Waals surface area contributed by atoms with Gasteiger partial charge < -0.3 is 10.2 Å². The van der Waals surface area contributed by atoms with Crippen LogP contribution in [0.5, 0.6) is 0 Å². The van der Waals surface area contributed by atoms with Crippen LogP contribution in [-0.4, -0.2) is 37.5 Å². The Kier molecular flexibility index (Phi) is 7.72. The van der Waals surface area contributed by atoms with E-state index in [4.69, 9.17) is 0 Å². The Bertz CT molecular complexity index is 441. The maximum Gasteiger partial charge on any atom is 0.193 e. The van der Waals surface area contributed by atoms with E-state index < -0.39 is 11.6 Å². The number of guanidine groups is 1. The summed E-state index contributed by atoms with van der Waals surface area (Å²) in [6.07, 6.45) is 2.46. The van der Waals surface area contributed by atoms with Crippen LogP contribution in [0.4, 0.5) is 8.78 Å². The number of halogens is 2. The summed E-state index contributed by atoms with van der Waals surface area (Å²) < 4.78 is 27.1. The van der Waals surface area contributed by atoms with Crippen LogP contribution in [0.1, 0.15) is 32.3 Å². The second kappa shape index (κ2) is 9.32. The fourth-order valence-corrected chi connectivity index (χ4v) is 2.02. The second-order valence-corrected chi connectivity index (χ2v) is 4.96. The van der Waals surface area contributed by atoms with E-state index in [0.29, 0.717) is 6.54 Å². The van der Waals surface area contributed by atoms with Gasteiger partial charge in [-0.05, 0) is 31.9 Å². The van der Waals surface area contributed by atoms with E-state index in [1.807, 2.05) is 18.9 Å². The first-order valence-electron chi connectivity index (χ1n) is 7.52. The van der Waals surface area contributed by atoms with Crippen LogP contribution in [0.15, 0.2) is 23.2 Å². The molecule has 3 nitrogen and oxygen atoms in total. The Balaban J connectivity index is 2.65. The Labute approximate surface area is 126 Å². The molecule has 1 aromatic carbocycles. The molecule has 0 saturated heterocycles. The van der Waals surface area contributed by atoms with Gasteiger partial charge in [-0.3, -0.25) is 4.99 Å². The number of unbranched alkanes of at least 4 members (excludes halogenated alkanes) is 1. The molecule has 0 aliphatic heterocycles. The van der Waals surface area contributed by atoms with Crippen molar-refractivity contribution in [3.8, 4) is 0 Å². The van der Waals surface area contributed by atoms with Gasteiger partial charge in [0.15, 0.2) is 5.96 Å². The monoisotopic (exact) mass is 297 g/mol. The number of hydrogen-bond donors (Lipinski definition) is 1. The molecular formula is C16H25F2N3. The van der Waals surface area contributed by atoms with Gasteiger partial charge in [0.25, 0.3) is 0 Å². The molecule has 0 bridgehead atoms. The van der Waals surface area contributed by atoms with E-state index in [1.165, 1.54) is 18.2 Å². The predicted octanol–water partition coefficient (Wildman–Crippen LogP) is 3.20. The standard InChI is InChI=1S/C16H25F2N3/c1-4-6-12-21(3)16(19-5-2)20-11-10-13-14(17)8-7-9-15(13)18/h7-9H,4-6,10-12H2,1-3H3,(H,19,20). The predicted molar refractivity (Wildman–Crippen MR) is 83.6 cm³/mol. The molecule has 1 rings (SSSR count). The lowest BCUT2D eigenvalue weighted by Crippen LogP contribution is -2.39. The van der Waals surface area contributed by atoms with Crippen LogP contribution >= 0.6 is 0 Å². The first-order chi connectivity index (χ1) is 10.1. The maximum absolute atomic E-state index is 13.5. The molecule has 0 amide bonds. The molecule has 0 fully saturated rings. The zero-order chi connectivity index (χ0) is 15.7. The first-order valence-corrected chi connectivity index (χ1v) is 7.52. The average Bonchev–Trinajstić information content (AvgIpc) is 2.46. The molecule has 1 N–H and O–H groups in total. The van der Waals surface area contributed by atoms with Crippen LogP contribution in [0, 0.1) is 11.6 Å². The van der Waals surface area contributed by atoms with Crippen LogP contribution in [0.3, 0.4) is 0 Å². The van der Waals surface area contributed by atoms with Crippen molar-refractivity contribution in [3.05, 3.63) is 35.4 Å². The molecule has 0 spiro atoms. The second-order valence-electron chi connectivity index (χ2n) is 4.96. The molecule has 0 aliphatic rings. The van der Waals surface area contributed by atoms with Crippen LogP contribution in [0.25, 0.3) is 0 Å². The molecule has 1 aromatic rings. The van der Waals surface area contributed by atoms with Gasteiger partial charge in [-0.1, -0.05) is 19.4 Å². The number of nitrogens with zero attached hydrogens (tertiary/aromatic N) is 2. The minimum Gasteiger partial charge on any atom is -0.357 e.